The number of nitrogens with zero attached hydrogens (tertiary/aromatic N) is 4. The molecule has 1 unspecified atom stereocenters. The van der Waals surface area contributed by atoms with Gasteiger partial charge in [-0.2, -0.15) is 0 Å². The first-order chi connectivity index (χ1) is 9.70. The largest absolute Gasteiger partial charge is 0.354 e. The summed E-state index contributed by atoms with van der Waals surface area (Å²) >= 11 is 1.69. The van der Waals surface area contributed by atoms with Gasteiger partial charge in [-0.1, -0.05) is 0 Å². The van der Waals surface area contributed by atoms with Crippen LogP contribution >= 0.6 is 11.3 Å². The number of anilines is 1. The van der Waals surface area contributed by atoms with Gasteiger partial charge in [0, 0.05) is 37.6 Å². The average molecular weight is 293 g/mol. The second kappa shape index (κ2) is 5.71. The molecule has 2 aromatic rings. The van der Waals surface area contributed by atoms with Gasteiger partial charge in [0.25, 0.3) is 0 Å². The molecule has 0 amide bonds. The van der Waals surface area contributed by atoms with Gasteiger partial charge in [-0.15, -0.1) is 11.3 Å². The Balaban J connectivity index is 1.91. The molecule has 2 N–H and O–H groups in total. The van der Waals surface area contributed by atoms with Gasteiger partial charge >= 0.3 is 0 Å². The third kappa shape index (κ3) is 2.43. The zero-order chi connectivity index (χ0) is 14.1. The minimum absolute atomic E-state index is 0.551. The number of likely N-dealkylation sites (N-methyl/N-ethyl adjacent to an activating group) is 2. The van der Waals surface area contributed by atoms with Crippen LogP contribution in [0.15, 0.2) is 11.6 Å². The standard InChI is InChI=1S/C14H23N5S/c1-17-7-3-4-11(10-17)18(2)13-12(5-6-15)19-8-9-20-14(19)16-13/h8-9,11H,3-7,10,15H2,1-2H3. The van der Waals surface area contributed by atoms with E-state index in [-0.39, 0.29) is 0 Å². The molecule has 0 aromatic carbocycles. The molecular formula is C14H23N5S. The quantitative estimate of drug-likeness (QED) is 0.926. The minimum atomic E-state index is 0.551. The molecule has 5 nitrogen and oxygen atoms in total. The topological polar surface area (TPSA) is 49.8 Å². The Labute approximate surface area is 124 Å². The first-order valence-electron chi connectivity index (χ1n) is 7.26. The van der Waals surface area contributed by atoms with Crippen LogP contribution in [0.4, 0.5) is 5.82 Å². The second-order valence-electron chi connectivity index (χ2n) is 5.65. The lowest BCUT2D eigenvalue weighted by molar-refractivity contribution is 0.247. The van der Waals surface area contributed by atoms with Crippen LogP contribution in [0.2, 0.25) is 0 Å². The highest BCUT2D eigenvalue weighted by Gasteiger charge is 2.25. The molecule has 1 aliphatic heterocycles. The normalized spacial score (nSPS) is 20.6. The van der Waals surface area contributed by atoms with Gasteiger partial charge in [-0.3, -0.25) is 4.40 Å². The number of aromatic nitrogens is 2. The van der Waals surface area contributed by atoms with E-state index in [0.29, 0.717) is 12.6 Å². The van der Waals surface area contributed by atoms with Gasteiger partial charge in [-0.05, 0) is 33.0 Å². The number of hydrogen-bond acceptors (Lipinski definition) is 5. The van der Waals surface area contributed by atoms with Crippen LogP contribution in [-0.4, -0.2) is 54.1 Å². The van der Waals surface area contributed by atoms with Crippen LogP contribution in [0.1, 0.15) is 18.5 Å². The molecule has 0 spiro atoms. The van der Waals surface area contributed by atoms with Crippen molar-refractivity contribution >= 4 is 22.1 Å². The Bertz CT molecular complexity index is 575. The SMILES string of the molecule is CN1CCCC(N(C)c2nc3sccn3c2CCN)C1. The molecule has 3 rings (SSSR count). The monoisotopic (exact) mass is 293 g/mol. The number of likely N-dealkylation sites (tertiary alicyclic amines) is 1. The zero-order valence-corrected chi connectivity index (χ0v) is 13.1. The molecular weight excluding hydrogens is 270 g/mol. The summed E-state index contributed by atoms with van der Waals surface area (Å²) in [5.41, 5.74) is 7.03. The maximum atomic E-state index is 5.78. The van der Waals surface area contributed by atoms with E-state index in [1.807, 2.05) is 0 Å². The lowest BCUT2D eigenvalue weighted by Gasteiger charge is -2.36. The van der Waals surface area contributed by atoms with E-state index in [0.717, 1.165) is 23.7 Å². The molecule has 20 heavy (non-hydrogen) atoms. The third-order valence-corrected chi connectivity index (χ3v) is 4.96. The number of hydrogen-bond donors (Lipinski definition) is 1. The van der Waals surface area contributed by atoms with Gasteiger partial charge in [0.1, 0.15) is 0 Å². The Morgan fingerprint density at radius 2 is 2.40 bits per heavy atom. The third-order valence-electron chi connectivity index (χ3n) is 4.20. The van der Waals surface area contributed by atoms with E-state index in [1.165, 1.54) is 25.1 Å². The lowest BCUT2D eigenvalue weighted by Crippen LogP contribution is -2.45. The van der Waals surface area contributed by atoms with Crippen molar-refractivity contribution < 1.29 is 0 Å². The molecule has 6 heteroatoms. The Morgan fingerprint density at radius 3 is 3.15 bits per heavy atom. The van der Waals surface area contributed by atoms with E-state index in [2.05, 4.69) is 39.9 Å². The van der Waals surface area contributed by atoms with Crippen LogP contribution in [0, 0.1) is 0 Å². The van der Waals surface area contributed by atoms with Gasteiger partial charge in [0.05, 0.1) is 5.69 Å². The van der Waals surface area contributed by atoms with Crippen LogP contribution in [0.3, 0.4) is 0 Å². The van der Waals surface area contributed by atoms with Gasteiger partial charge in [0.15, 0.2) is 10.8 Å². The molecule has 1 atom stereocenters. The number of thiazole rings is 1. The van der Waals surface area contributed by atoms with Crippen molar-refractivity contribution in [2.24, 2.45) is 5.73 Å². The van der Waals surface area contributed by atoms with E-state index in [9.17, 15) is 0 Å². The number of piperidine rings is 1. The molecule has 1 aliphatic rings. The van der Waals surface area contributed by atoms with E-state index >= 15 is 0 Å². The molecule has 0 radical (unpaired) electrons. The van der Waals surface area contributed by atoms with E-state index in [4.69, 9.17) is 10.7 Å². The highest BCUT2D eigenvalue weighted by atomic mass is 32.1. The molecule has 0 aliphatic carbocycles. The highest BCUT2D eigenvalue weighted by Crippen LogP contribution is 2.27. The van der Waals surface area contributed by atoms with Crippen molar-refractivity contribution in [1.29, 1.82) is 0 Å². The summed E-state index contributed by atoms with van der Waals surface area (Å²) in [4.78, 5) is 10.7. The fourth-order valence-electron chi connectivity index (χ4n) is 3.10. The first kappa shape index (κ1) is 13.9. The lowest BCUT2D eigenvalue weighted by atomic mass is 10.0. The molecule has 1 fully saturated rings. The molecule has 2 aromatic heterocycles. The summed E-state index contributed by atoms with van der Waals surface area (Å²) in [6.07, 6.45) is 5.48. The van der Waals surface area contributed by atoms with Crippen LogP contribution in [0.25, 0.3) is 4.96 Å². The highest BCUT2D eigenvalue weighted by molar-refractivity contribution is 7.15. The summed E-state index contributed by atoms with van der Waals surface area (Å²) in [7, 11) is 4.38. The smallest absolute Gasteiger partial charge is 0.195 e. The molecule has 110 valence electrons. The fraction of sp³-hybridized carbons (Fsp3) is 0.643. The molecule has 0 bridgehead atoms. The van der Waals surface area contributed by atoms with Gasteiger partial charge < -0.3 is 15.5 Å². The minimum Gasteiger partial charge on any atom is -0.354 e. The van der Waals surface area contributed by atoms with E-state index in [1.54, 1.807) is 11.3 Å². The van der Waals surface area contributed by atoms with Crippen molar-refractivity contribution in [2.45, 2.75) is 25.3 Å². The van der Waals surface area contributed by atoms with Crippen molar-refractivity contribution in [3.05, 3.63) is 17.3 Å². The number of fused-ring (bicyclic) bond motifs is 1. The predicted octanol–water partition coefficient (Wildman–Crippen LogP) is 1.43. The second-order valence-corrected chi connectivity index (χ2v) is 6.52. The fourth-order valence-corrected chi connectivity index (χ4v) is 3.83. The summed E-state index contributed by atoms with van der Waals surface area (Å²) in [5.74, 6) is 1.11. The summed E-state index contributed by atoms with van der Waals surface area (Å²) in [6.45, 7) is 2.98. The Hall–Kier alpha value is -1.11. The summed E-state index contributed by atoms with van der Waals surface area (Å²) in [6, 6.07) is 0.551. The molecule has 0 saturated carbocycles. The van der Waals surface area contributed by atoms with Crippen LogP contribution in [0.5, 0.6) is 0 Å². The number of nitrogens with two attached hydrogens (primary N) is 1. The summed E-state index contributed by atoms with van der Waals surface area (Å²) < 4.78 is 2.19. The van der Waals surface area contributed by atoms with Gasteiger partial charge in [0.2, 0.25) is 0 Å². The summed E-state index contributed by atoms with van der Waals surface area (Å²) in [5, 5.41) is 2.08. The Kier molecular flexibility index (Phi) is 3.96. The maximum Gasteiger partial charge on any atom is 0.195 e. The maximum absolute atomic E-state index is 5.78. The number of imidazole rings is 1. The van der Waals surface area contributed by atoms with Crippen molar-refractivity contribution in [3.8, 4) is 0 Å². The predicted molar refractivity (Wildman–Crippen MR) is 84.7 cm³/mol. The van der Waals surface area contributed by atoms with Crippen molar-refractivity contribution in [2.75, 3.05) is 38.6 Å². The van der Waals surface area contributed by atoms with E-state index < -0.39 is 0 Å². The molecule has 3 heterocycles. The molecule has 1 saturated heterocycles. The van der Waals surface area contributed by atoms with Crippen molar-refractivity contribution in [1.82, 2.24) is 14.3 Å². The van der Waals surface area contributed by atoms with Gasteiger partial charge in [-0.25, -0.2) is 4.98 Å². The zero-order valence-electron chi connectivity index (χ0n) is 12.2. The number of rotatable bonds is 4. The van der Waals surface area contributed by atoms with Crippen LogP contribution in [-0.2, 0) is 6.42 Å². The Morgan fingerprint density at radius 1 is 1.55 bits per heavy atom. The van der Waals surface area contributed by atoms with Crippen LogP contribution < -0.4 is 10.6 Å². The average Bonchev–Trinajstić information content (AvgIpc) is 3.01. The first-order valence-corrected chi connectivity index (χ1v) is 8.14. The van der Waals surface area contributed by atoms with Crippen molar-refractivity contribution in [3.63, 3.8) is 0 Å².